The van der Waals surface area contributed by atoms with E-state index in [0.717, 1.165) is 31.6 Å². The van der Waals surface area contributed by atoms with Crippen molar-refractivity contribution >= 4 is 11.9 Å². The molecule has 0 radical (unpaired) electrons. The van der Waals surface area contributed by atoms with Gasteiger partial charge in [0, 0.05) is 0 Å². The van der Waals surface area contributed by atoms with Crippen LogP contribution in [0, 0.1) is 23.7 Å². The molecule has 0 heterocycles. The summed E-state index contributed by atoms with van der Waals surface area (Å²) in [6.07, 6.45) is 19.8. The van der Waals surface area contributed by atoms with E-state index in [0.29, 0.717) is 12.8 Å². The maximum atomic E-state index is 12.7. The third-order valence-corrected chi connectivity index (χ3v) is 7.17. The molecular weight excluding hydrogens is 400 g/mol. The fourth-order valence-corrected chi connectivity index (χ4v) is 4.96. The van der Waals surface area contributed by atoms with Gasteiger partial charge in [0.1, 0.15) is 6.10 Å². The Bertz CT molecular complexity index is 500. The van der Waals surface area contributed by atoms with Crippen LogP contribution in [-0.4, -0.2) is 23.1 Å². The molecular formula is C28H52O4. The van der Waals surface area contributed by atoms with Crippen LogP contribution in [0.15, 0.2) is 0 Å². The van der Waals surface area contributed by atoms with E-state index in [2.05, 4.69) is 27.7 Å². The van der Waals surface area contributed by atoms with Gasteiger partial charge in [-0.2, -0.15) is 0 Å². The lowest BCUT2D eigenvalue weighted by molar-refractivity contribution is -0.165. The maximum absolute atomic E-state index is 12.7. The summed E-state index contributed by atoms with van der Waals surface area (Å²) in [5.74, 6) is -1.04. The molecule has 3 unspecified atom stereocenters. The Hall–Kier alpha value is -1.06. The molecule has 4 nitrogen and oxygen atoms in total. The lowest BCUT2D eigenvalue weighted by Crippen LogP contribution is -2.36. The molecule has 3 atom stereocenters. The van der Waals surface area contributed by atoms with Crippen molar-refractivity contribution in [2.45, 2.75) is 143 Å². The Morgan fingerprint density at radius 3 is 1.59 bits per heavy atom. The van der Waals surface area contributed by atoms with Crippen LogP contribution in [0.3, 0.4) is 0 Å². The predicted octanol–water partition coefficient (Wildman–Crippen LogP) is 8.17. The fraction of sp³-hybridized carbons (Fsp3) is 0.929. The van der Waals surface area contributed by atoms with Crippen LogP contribution in [0.2, 0.25) is 0 Å². The molecule has 4 heteroatoms. The molecule has 0 bridgehead atoms. The fourth-order valence-electron chi connectivity index (χ4n) is 4.96. The number of carbonyl (C=O) groups excluding carboxylic acids is 1. The zero-order chi connectivity index (χ0) is 23.8. The Labute approximate surface area is 198 Å². The SMILES string of the molecule is CC(C)CCCCCCCCCCCCCC(OC(=O)C1CCCCC1C(=O)O)C(C)C. The van der Waals surface area contributed by atoms with Crippen molar-refractivity contribution in [3.8, 4) is 0 Å². The number of hydrogen-bond donors (Lipinski definition) is 1. The Morgan fingerprint density at radius 2 is 1.16 bits per heavy atom. The highest BCUT2D eigenvalue weighted by Gasteiger charge is 2.37. The minimum absolute atomic E-state index is 0.0884. The number of aliphatic carboxylic acids is 1. The predicted molar refractivity (Wildman–Crippen MR) is 133 cm³/mol. The van der Waals surface area contributed by atoms with E-state index in [9.17, 15) is 14.7 Å². The van der Waals surface area contributed by atoms with Gasteiger partial charge >= 0.3 is 11.9 Å². The number of ether oxygens (including phenoxy) is 1. The maximum Gasteiger partial charge on any atom is 0.310 e. The zero-order valence-corrected chi connectivity index (χ0v) is 21.6. The molecule has 1 aliphatic rings. The lowest BCUT2D eigenvalue weighted by atomic mass is 9.79. The number of hydrogen-bond acceptors (Lipinski definition) is 3. The molecule has 0 amide bonds. The van der Waals surface area contributed by atoms with Crippen molar-refractivity contribution < 1.29 is 19.4 Å². The molecule has 188 valence electrons. The van der Waals surface area contributed by atoms with Crippen LogP contribution in [-0.2, 0) is 14.3 Å². The van der Waals surface area contributed by atoms with Gasteiger partial charge in [-0.15, -0.1) is 0 Å². The molecule has 0 aromatic carbocycles. The van der Waals surface area contributed by atoms with E-state index >= 15 is 0 Å². The first-order valence-corrected chi connectivity index (χ1v) is 13.8. The van der Waals surface area contributed by atoms with Crippen molar-refractivity contribution in [2.75, 3.05) is 0 Å². The average Bonchev–Trinajstić information content (AvgIpc) is 2.75. The molecule has 1 fully saturated rings. The quantitative estimate of drug-likeness (QED) is 0.168. The molecule has 32 heavy (non-hydrogen) atoms. The van der Waals surface area contributed by atoms with E-state index in [4.69, 9.17) is 4.74 Å². The third-order valence-electron chi connectivity index (χ3n) is 7.17. The van der Waals surface area contributed by atoms with E-state index in [1.54, 1.807) is 0 Å². The summed E-state index contributed by atoms with van der Waals surface area (Å²) in [4.78, 5) is 24.2. The standard InChI is InChI=1S/C28H52O4/c1-22(2)18-14-12-10-8-6-5-7-9-11-13-15-21-26(23(3)4)32-28(31)25-20-17-16-19-24(25)27(29)30/h22-26H,5-21H2,1-4H3,(H,29,30). The normalized spacial score (nSPS) is 19.9. The molecule has 0 spiro atoms. The molecule has 1 saturated carbocycles. The minimum atomic E-state index is -0.848. The third kappa shape index (κ3) is 12.8. The number of carboxylic acids is 1. The highest BCUT2D eigenvalue weighted by Crippen LogP contribution is 2.32. The van der Waals surface area contributed by atoms with Crippen LogP contribution >= 0.6 is 0 Å². The zero-order valence-electron chi connectivity index (χ0n) is 21.6. The van der Waals surface area contributed by atoms with Crippen LogP contribution in [0.5, 0.6) is 0 Å². The van der Waals surface area contributed by atoms with Gasteiger partial charge in [-0.1, -0.05) is 111 Å². The number of esters is 1. The van der Waals surface area contributed by atoms with Crippen molar-refractivity contribution in [2.24, 2.45) is 23.7 Å². The second-order valence-corrected chi connectivity index (χ2v) is 10.9. The highest BCUT2D eigenvalue weighted by molar-refractivity contribution is 5.81. The highest BCUT2D eigenvalue weighted by atomic mass is 16.5. The second-order valence-electron chi connectivity index (χ2n) is 10.9. The minimum Gasteiger partial charge on any atom is -0.481 e. The van der Waals surface area contributed by atoms with E-state index < -0.39 is 17.8 Å². The molecule has 0 aromatic rings. The van der Waals surface area contributed by atoms with Crippen molar-refractivity contribution in [3.05, 3.63) is 0 Å². The molecule has 0 aromatic heterocycles. The van der Waals surface area contributed by atoms with Gasteiger partial charge in [0.15, 0.2) is 0 Å². The summed E-state index contributed by atoms with van der Waals surface area (Å²) in [6, 6.07) is 0. The van der Waals surface area contributed by atoms with Gasteiger partial charge in [0.05, 0.1) is 11.8 Å². The Kier molecular flexibility index (Phi) is 15.8. The number of unbranched alkanes of at least 4 members (excludes halogenated alkanes) is 10. The largest absolute Gasteiger partial charge is 0.481 e. The molecule has 1 rings (SSSR count). The number of carboxylic acid groups (broad SMARTS) is 1. The van der Waals surface area contributed by atoms with Crippen LogP contribution in [0.25, 0.3) is 0 Å². The van der Waals surface area contributed by atoms with Gasteiger partial charge in [0.2, 0.25) is 0 Å². The van der Waals surface area contributed by atoms with Gasteiger partial charge < -0.3 is 9.84 Å². The van der Waals surface area contributed by atoms with E-state index in [1.807, 2.05) is 0 Å². The van der Waals surface area contributed by atoms with Gasteiger partial charge in [0.25, 0.3) is 0 Å². The Balaban J connectivity index is 2.11. The van der Waals surface area contributed by atoms with Crippen molar-refractivity contribution in [1.29, 1.82) is 0 Å². The van der Waals surface area contributed by atoms with Crippen LogP contribution < -0.4 is 0 Å². The number of carbonyl (C=O) groups is 2. The van der Waals surface area contributed by atoms with Crippen molar-refractivity contribution in [3.63, 3.8) is 0 Å². The van der Waals surface area contributed by atoms with E-state index in [-0.39, 0.29) is 18.0 Å². The van der Waals surface area contributed by atoms with Crippen LogP contribution in [0.1, 0.15) is 137 Å². The summed E-state index contributed by atoms with van der Waals surface area (Å²) in [7, 11) is 0. The first kappa shape index (κ1) is 29.0. The first-order valence-electron chi connectivity index (χ1n) is 13.8. The summed E-state index contributed by atoms with van der Waals surface area (Å²) in [5, 5.41) is 9.44. The van der Waals surface area contributed by atoms with Crippen molar-refractivity contribution in [1.82, 2.24) is 0 Å². The molecule has 1 aliphatic carbocycles. The summed E-state index contributed by atoms with van der Waals surface area (Å²) >= 11 is 0. The van der Waals surface area contributed by atoms with Gasteiger partial charge in [-0.25, -0.2) is 0 Å². The molecule has 1 N–H and O–H groups in total. The molecule has 0 saturated heterocycles. The van der Waals surface area contributed by atoms with Crippen LogP contribution in [0.4, 0.5) is 0 Å². The molecule has 0 aliphatic heterocycles. The summed E-state index contributed by atoms with van der Waals surface area (Å²) < 4.78 is 5.84. The summed E-state index contributed by atoms with van der Waals surface area (Å²) in [5.41, 5.74) is 0. The number of rotatable bonds is 18. The summed E-state index contributed by atoms with van der Waals surface area (Å²) in [6.45, 7) is 8.81. The van der Waals surface area contributed by atoms with Gasteiger partial charge in [-0.05, 0) is 37.5 Å². The lowest BCUT2D eigenvalue weighted by Gasteiger charge is -2.30. The topological polar surface area (TPSA) is 63.6 Å². The van der Waals surface area contributed by atoms with Gasteiger partial charge in [-0.3, -0.25) is 9.59 Å². The average molecular weight is 453 g/mol. The second kappa shape index (κ2) is 17.4. The monoisotopic (exact) mass is 452 g/mol. The first-order chi connectivity index (χ1) is 15.3. The van der Waals surface area contributed by atoms with E-state index in [1.165, 1.54) is 70.6 Å². The smallest absolute Gasteiger partial charge is 0.310 e. The Morgan fingerprint density at radius 1 is 0.719 bits per heavy atom.